The number of nitrogens with one attached hydrogen (secondary N) is 1. The lowest BCUT2D eigenvalue weighted by Crippen LogP contribution is -2.37. The van der Waals surface area contributed by atoms with Crippen LogP contribution < -0.4 is 5.32 Å². The van der Waals surface area contributed by atoms with Crippen LogP contribution in [-0.2, 0) is 0 Å². The predicted octanol–water partition coefficient (Wildman–Crippen LogP) is 4.30. The highest BCUT2D eigenvalue weighted by Gasteiger charge is 2.37. The molecular formula is C16H24FN. The zero-order chi connectivity index (χ0) is 13.2. The summed E-state index contributed by atoms with van der Waals surface area (Å²) in [7, 11) is 1.99. The Morgan fingerprint density at radius 1 is 1.33 bits per heavy atom. The lowest BCUT2D eigenvalue weighted by molar-refractivity contribution is 0.101. The molecule has 1 aliphatic carbocycles. The molecule has 2 rings (SSSR count). The van der Waals surface area contributed by atoms with Crippen LogP contribution in [0.25, 0.3) is 0 Å². The molecule has 0 saturated heterocycles. The van der Waals surface area contributed by atoms with Crippen molar-refractivity contribution in [2.24, 2.45) is 11.3 Å². The van der Waals surface area contributed by atoms with Crippen LogP contribution in [0.5, 0.6) is 0 Å². The summed E-state index contributed by atoms with van der Waals surface area (Å²) in [6.45, 7) is 4.70. The molecule has 0 aliphatic heterocycles. The summed E-state index contributed by atoms with van der Waals surface area (Å²) in [5.74, 6) is 0.444. The molecule has 2 heteroatoms. The third kappa shape index (κ3) is 2.74. The van der Waals surface area contributed by atoms with Gasteiger partial charge in [-0.3, -0.25) is 0 Å². The Bertz CT molecular complexity index is 400. The molecule has 1 aromatic rings. The maximum absolute atomic E-state index is 13.4. The predicted molar refractivity (Wildman–Crippen MR) is 73.9 cm³/mol. The third-order valence-electron chi connectivity index (χ3n) is 4.51. The zero-order valence-electron chi connectivity index (χ0n) is 11.7. The first-order valence-electron chi connectivity index (χ1n) is 6.97. The van der Waals surface area contributed by atoms with E-state index in [1.165, 1.54) is 31.7 Å². The summed E-state index contributed by atoms with van der Waals surface area (Å²) < 4.78 is 13.4. The maximum Gasteiger partial charge on any atom is 0.123 e. The van der Waals surface area contributed by atoms with Crippen molar-refractivity contribution in [2.75, 3.05) is 7.05 Å². The van der Waals surface area contributed by atoms with Gasteiger partial charge in [-0.05, 0) is 48.9 Å². The molecule has 0 amide bonds. The maximum atomic E-state index is 13.4. The van der Waals surface area contributed by atoms with Crippen molar-refractivity contribution in [1.82, 2.24) is 5.32 Å². The summed E-state index contributed by atoms with van der Waals surface area (Å²) in [5.41, 5.74) is 1.41. The average Bonchev–Trinajstić information content (AvgIpc) is 2.32. The molecule has 1 aliphatic rings. The van der Waals surface area contributed by atoms with Gasteiger partial charge in [-0.15, -0.1) is 0 Å². The summed E-state index contributed by atoms with van der Waals surface area (Å²) in [6.07, 6.45) is 5.12. The van der Waals surface area contributed by atoms with Gasteiger partial charge in [0.25, 0.3) is 0 Å². The van der Waals surface area contributed by atoms with Crippen LogP contribution in [0.1, 0.15) is 51.1 Å². The van der Waals surface area contributed by atoms with Gasteiger partial charge in [0, 0.05) is 6.04 Å². The second kappa shape index (κ2) is 5.40. The molecule has 0 bridgehead atoms. The first kappa shape index (κ1) is 13.5. The zero-order valence-corrected chi connectivity index (χ0v) is 11.7. The fraction of sp³-hybridized carbons (Fsp3) is 0.625. The van der Waals surface area contributed by atoms with E-state index in [1.54, 1.807) is 6.07 Å². The summed E-state index contributed by atoms with van der Waals surface area (Å²) in [4.78, 5) is 0. The van der Waals surface area contributed by atoms with Crippen LogP contribution in [0.2, 0.25) is 0 Å². The first-order chi connectivity index (χ1) is 8.54. The number of halogens is 1. The molecule has 1 nitrogen and oxygen atoms in total. The van der Waals surface area contributed by atoms with Gasteiger partial charge in [-0.1, -0.05) is 38.8 Å². The van der Waals surface area contributed by atoms with Gasteiger partial charge >= 0.3 is 0 Å². The molecule has 18 heavy (non-hydrogen) atoms. The Morgan fingerprint density at radius 2 is 2.11 bits per heavy atom. The highest BCUT2D eigenvalue weighted by Crippen LogP contribution is 2.46. The molecule has 100 valence electrons. The van der Waals surface area contributed by atoms with E-state index in [0.29, 0.717) is 11.3 Å². The Hall–Kier alpha value is -0.890. The topological polar surface area (TPSA) is 12.0 Å². The molecule has 2 atom stereocenters. The van der Waals surface area contributed by atoms with E-state index >= 15 is 0 Å². The largest absolute Gasteiger partial charge is 0.313 e. The van der Waals surface area contributed by atoms with E-state index in [-0.39, 0.29) is 11.9 Å². The van der Waals surface area contributed by atoms with Crippen molar-refractivity contribution < 1.29 is 4.39 Å². The van der Waals surface area contributed by atoms with Gasteiger partial charge < -0.3 is 5.32 Å². The second-order valence-corrected chi connectivity index (χ2v) is 6.16. The van der Waals surface area contributed by atoms with Gasteiger partial charge in [0.15, 0.2) is 0 Å². The molecule has 1 saturated carbocycles. The van der Waals surface area contributed by atoms with Crippen LogP contribution in [-0.4, -0.2) is 7.05 Å². The second-order valence-electron chi connectivity index (χ2n) is 6.16. The van der Waals surface area contributed by atoms with E-state index < -0.39 is 0 Å². The van der Waals surface area contributed by atoms with Gasteiger partial charge in [-0.2, -0.15) is 0 Å². The van der Waals surface area contributed by atoms with Gasteiger partial charge in [-0.25, -0.2) is 4.39 Å². The molecule has 0 radical (unpaired) electrons. The molecular weight excluding hydrogens is 225 g/mol. The first-order valence-corrected chi connectivity index (χ1v) is 6.97. The normalized spacial score (nSPS) is 24.8. The van der Waals surface area contributed by atoms with E-state index in [2.05, 4.69) is 19.2 Å². The Balaban J connectivity index is 2.27. The summed E-state index contributed by atoms with van der Waals surface area (Å²) in [6, 6.07) is 7.30. The molecule has 0 aromatic heterocycles. The SMILES string of the molecule is CNC(c1cccc(F)c1)C1CCCCC1(C)C. The average molecular weight is 249 g/mol. The molecule has 1 N–H and O–H groups in total. The van der Waals surface area contributed by atoms with E-state index in [4.69, 9.17) is 0 Å². The van der Waals surface area contributed by atoms with Crippen LogP contribution in [0.15, 0.2) is 24.3 Å². The minimum absolute atomic E-state index is 0.138. The van der Waals surface area contributed by atoms with E-state index in [1.807, 2.05) is 19.2 Å². The van der Waals surface area contributed by atoms with Crippen LogP contribution in [0, 0.1) is 17.2 Å². The highest BCUT2D eigenvalue weighted by molar-refractivity contribution is 5.21. The quantitative estimate of drug-likeness (QED) is 0.842. The van der Waals surface area contributed by atoms with E-state index in [9.17, 15) is 4.39 Å². The van der Waals surface area contributed by atoms with Gasteiger partial charge in [0.1, 0.15) is 5.82 Å². The van der Waals surface area contributed by atoms with Crippen molar-refractivity contribution in [2.45, 2.75) is 45.6 Å². The number of rotatable bonds is 3. The Kier molecular flexibility index (Phi) is 4.06. The minimum atomic E-state index is -0.138. The molecule has 0 spiro atoms. The monoisotopic (exact) mass is 249 g/mol. The fourth-order valence-electron chi connectivity index (χ4n) is 3.44. The van der Waals surface area contributed by atoms with Gasteiger partial charge in [0.05, 0.1) is 0 Å². The fourth-order valence-corrected chi connectivity index (χ4v) is 3.44. The van der Waals surface area contributed by atoms with Crippen molar-refractivity contribution in [1.29, 1.82) is 0 Å². The standard InChI is InChI=1S/C16H24FN/c1-16(2)10-5-4-9-14(16)15(18-3)12-7-6-8-13(17)11-12/h6-8,11,14-15,18H,4-5,9-10H2,1-3H3. The van der Waals surface area contributed by atoms with Crippen molar-refractivity contribution in [3.63, 3.8) is 0 Å². The summed E-state index contributed by atoms with van der Waals surface area (Å²) in [5, 5.41) is 3.40. The van der Waals surface area contributed by atoms with Crippen LogP contribution in [0.3, 0.4) is 0 Å². The number of hydrogen-bond donors (Lipinski definition) is 1. The van der Waals surface area contributed by atoms with Crippen LogP contribution in [0.4, 0.5) is 4.39 Å². The third-order valence-corrected chi connectivity index (χ3v) is 4.51. The Labute approximate surface area is 110 Å². The number of hydrogen-bond acceptors (Lipinski definition) is 1. The van der Waals surface area contributed by atoms with Crippen LogP contribution >= 0.6 is 0 Å². The lowest BCUT2D eigenvalue weighted by atomic mass is 9.65. The van der Waals surface area contributed by atoms with E-state index in [0.717, 1.165) is 5.56 Å². The smallest absolute Gasteiger partial charge is 0.123 e. The Morgan fingerprint density at radius 3 is 2.72 bits per heavy atom. The van der Waals surface area contributed by atoms with Crippen molar-refractivity contribution in [3.05, 3.63) is 35.6 Å². The molecule has 1 aromatic carbocycles. The number of benzene rings is 1. The molecule has 1 fully saturated rings. The molecule has 0 heterocycles. The highest BCUT2D eigenvalue weighted by atomic mass is 19.1. The minimum Gasteiger partial charge on any atom is -0.313 e. The lowest BCUT2D eigenvalue weighted by Gasteiger charge is -2.43. The summed E-state index contributed by atoms with van der Waals surface area (Å²) >= 11 is 0. The van der Waals surface area contributed by atoms with Gasteiger partial charge in [0.2, 0.25) is 0 Å². The molecule has 2 unspecified atom stereocenters. The van der Waals surface area contributed by atoms with Crippen molar-refractivity contribution in [3.8, 4) is 0 Å². The van der Waals surface area contributed by atoms with Crippen molar-refractivity contribution >= 4 is 0 Å².